The number of amides is 1. The number of rotatable bonds is 4. The Kier molecular flexibility index (Phi) is 4.99. The molecule has 0 radical (unpaired) electrons. The zero-order valence-corrected chi connectivity index (χ0v) is 9.60. The van der Waals surface area contributed by atoms with Crippen molar-refractivity contribution in [2.75, 3.05) is 0 Å². The topological polar surface area (TPSA) is 42.0 Å². The molecule has 0 bridgehead atoms. The van der Waals surface area contributed by atoms with Gasteiger partial charge in [-0.3, -0.25) is 9.78 Å². The molecule has 1 rings (SSSR count). The van der Waals surface area contributed by atoms with E-state index in [2.05, 4.69) is 10.3 Å². The Balaban J connectivity index is 2.46. The van der Waals surface area contributed by atoms with Crippen LogP contribution >= 0.6 is 0 Å². The maximum Gasteiger partial charge on any atom is 0.244 e. The van der Waals surface area contributed by atoms with Gasteiger partial charge < -0.3 is 5.32 Å². The third-order valence-electron chi connectivity index (χ3n) is 2.10. The molecule has 1 heterocycles. The van der Waals surface area contributed by atoms with Crippen LogP contribution in [0.1, 0.15) is 18.2 Å². The van der Waals surface area contributed by atoms with Crippen LogP contribution in [0, 0.1) is 6.92 Å². The van der Waals surface area contributed by atoms with Gasteiger partial charge in [-0.15, -0.1) is 0 Å². The fourth-order valence-corrected chi connectivity index (χ4v) is 1.19. The van der Waals surface area contributed by atoms with E-state index in [4.69, 9.17) is 0 Å². The van der Waals surface area contributed by atoms with Crippen LogP contribution in [0.2, 0.25) is 0 Å². The quantitative estimate of drug-likeness (QED) is 0.619. The van der Waals surface area contributed by atoms with Crippen molar-refractivity contribution in [2.24, 2.45) is 0 Å². The molecule has 1 amide bonds. The lowest BCUT2D eigenvalue weighted by atomic mass is 10.2. The first-order chi connectivity index (χ1) is 7.74. The third kappa shape index (κ3) is 4.09. The van der Waals surface area contributed by atoms with Crippen molar-refractivity contribution in [3.05, 3.63) is 53.9 Å². The van der Waals surface area contributed by atoms with Crippen molar-refractivity contribution in [2.45, 2.75) is 20.4 Å². The van der Waals surface area contributed by atoms with Gasteiger partial charge >= 0.3 is 0 Å². The van der Waals surface area contributed by atoms with Crippen LogP contribution in [0.15, 0.2) is 42.6 Å². The molecule has 0 unspecified atom stereocenters. The molecule has 0 atom stereocenters. The van der Waals surface area contributed by atoms with E-state index in [-0.39, 0.29) is 5.91 Å². The fraction of sp³-hybridized carbons (Fsp3) is 0.231. The van der Waals surface area contributed by atoms with Crippen LogP contribution in [0.5, 0.6) is 0 Å². The zero-order chi connectivity index (χ0) is 11.8. The summed E-state index contributed by atoms with van der Waals surface area (Å²) in [6.45, 7) is 4.34. The van der Waals surface area contributed by atoms with E-state index >= 15 is 0 Å². The fourth-order valence-electron chi connectivity index (χ4n) is 1.19. The second kappa shape index (κ2) is 6.56. The smallest absolute Gasteiger partial charge is 0.244 e. The first-order valence-corrected chi connectivity index (χ1v) is 5.21. The SMILES string of the molecule is CC=CC=CC(=O)NCc1ncccc1C. The second-order valence-corrected chi connectivity index (χ2v) is 3.37. The second-order valence-electron chi connectivity index (χ2n) is 3.37. The highest BCUT2D eigenvalue weighted by Gasteiger charge is 1.99. The molecule has 0 aromatic carbocycles. The monoisotopic (exact) mass is 216 g/mol. The lowest BCUT2D eigenvalue weighted by Crippen LogP contribution is -2.21. The van der Waals surface area contributed by atoms with Gasteiger partial charge in [0.05, 0.1) is 12.2 Å². The summed E-state index contributed by atoms with van der Waals surface area (Å²) in [6, 6.07) is 3.86. The maximum atomic E-state index is 11.3. The van der Waals surface area contributed by atoms with Gasteiger partial charge in [-0.05, 0) is 25.5 Å². The third-order valence-corrected chi connectivity index (χ3v) is 2.10. The summed E-state index contributed by atoms with van der Waals surface area (Å²) in [5, 5.41) is 2.78. The molecule has 0 saturated heterocycles. The molecule has 0 spiro atoms. The average molecular weight is 216 g/mol. The molecular weight excluding hydrogens is 200 g/mol. The first-order valence-electron chi connectivity index (χ1n) is 5.21. The van der Waals surface area contributed by atoms with Crippen LogP contribution in [0.3, 0.4) is 0 Å². The van der Waals surface area contributed by atoms with Gasteiger partial charge in [-0.2, -0.15) is 0 Å². The van der Waals surface area contributed by atoms with Crippen molar-refractivity contribution in [1.82, 2.24) is 10.3 Å². The number of hydrogen-bond donors (Lipinski definition) is 1. The largest absolute Gasteiger partial charge is 0.347 e. The van der Waals surface area contributed by atoms with Gasteiger partial charge in [-0.1, -0.05) is 24.3 Å². The first kappa shape index (κ1) is 12.2. The summed E-state index contributed by atoms with van der Waals surface area (Å²) in [5.41, 5.74) is 1.98. The number of carbonyl (C=O) groups is 1. The Morgan fingerprint density at radius 1 is 1.50 bits per heavy atom. The molecule has 0 aliphatic heterocycles. The van der Waals surface area contributed by atoms with Gasteiger partial charge in [0.2, 0.25) is 5.91 Å². The maximum absolute atomic E-state index is 11.3. The number of pyridine rings is 1. The van der Waals surface area contributed by atoms with Crippen molar-refractivity contribution in [3.63, 3.8) is 0 Å². The highest BCUT2D eigenvalue weighted by atomic mass is 16.1. The summed E-state index contributed by atoms with van der Waals surface area (Å²) in [5.74, 6) is -0.108. The average Bonchev–Trinajstić information content (AvgIpc) is 2.28. The predicted molar refractivity (Wildman–Crippen MR) is 64.8 cm³/mol. The van der Waals surface area contributed by atoms with Crippen LogP contribution in [-0.4, -0.2) is 10.9 Å². The van der Waals surface area contributed by atoms with Crippen LogP contribution in [0.25, 0.3) is 0 Å². The van der Waals surface area contributed by atoms with E-state index in [1.54, 1.807) is 12.3 Å². The zero-order valence-electron chi connectivity index (χ0n) is 9.60. The minimum absolute atomic E-state index is 0.108. The molecule has 1 aromatic rings. The molecule has 1 aromatic heterocycles. The summed E-state index contributed by atoms with van der Waals surface area (Å²) >= 11 is 0. The Morgan fingerprint density at radius 3 is 3.00 bits per heavy atom. The summed E-state index contributed by atoms with van der Waals surface area (Å²) in [6.07, 6.45) is 8.61. The summed E-state index contributed by atoms with van der Waals surface area (Å²) < 4.78 is 0. The van der Waals surface area contributed by atoms with Gasteiger partial charge in [0.25, 0.3) is 0 Å². The van der Waals surface area contributed by atoms with Gasteiger partial charge in [0.15, 0.2) is 0 Å². The Morgan fingerprint density at radius 2 is 2.31 bits per heavy atom. The van der Waals surface area contributed by atoms with Crippen LogP contribution < -0.4 is 5.32 Å². The number of aromatic nitrogens is 1. The standard InChI is InChI=1S/C13H16N2O/c1-3-4-5-8-13(16)15-10-12-11(2)7-6-9-14-12/h3-9H,10H2,1-2H3,(H,15,16). The van der Waals surface area contributed by atoms with Gasteiger partial charge in [0.1, 0.15) is 0 Å². The lowest BCUT2D eigenvalue weighted by molar-refractivity contribution is -0.116. The molecular formula is C13H16N2O. The Hall–Kier alpha value is -1.90. The highest BCUT2D eigenvalue weighted by molar-refractivity contribution is 5.87. The molecule has 3 nitrogen and oxygen atoms in total. The van der Waals surface area contributed by atoms with Crippen molar-refractivity contribution < 1.29 is 4.79 Å². The molecule has 0 aliphatic carbocycles. The molecule has 0 saturated carbocycles. The Bertz CT molecular complexity index is 408. The molecule has 16 heavy (non-hydrogen) atoms. The van der Waals surface area contributed by atoms with Crippen molar-refractivity contribution in [3.8, 4) is 0 Å². The normalized spacial score (nSPS) is 11.1. The van der Waals surface area contributed by atoms with E-state index in [1.165, 1.54) is 6.08 Å². The van der Waals surface area contributed by atoms with Crippen LogP contribution in [-0.2, 0) is 11.3 Å². The molecule has 3 heteroatoms. The summed E-state index contributed by atoms with van der Waals surface area (Å²) in [4.78, 5) is 15.5. The van der Waals surface area contributed by atoms with E-state index in [1.807, 2.05) is 38.1 Å². The number of allylic oxidation sites excluding steroid dienone is 3. The van der Waals surface area contributed by atoms with Crippen molar-refractivity contribution in [1.29, 1.82) is 0 Å². The van der Waals surface area contributed by atoms with Crippen LogP contribution in [0.4, 0.5) is 0 Å². The molecule has 84 valence electrons. The Labute approximate surface area is 95.9 Å². The predicted octanol–water partition coefficient (Wildman–Crippen LogP) is 2.14. The van der Waals surface area contributed by atoms with E-state index in [9.17, 15) is 4.79 Å². The minimum Gasteiger partial charge on any atom is -0.347 e. The lowest BCUT2D eigenvalue weighted by Gasteiger charge is -2.04. The molecule has 0 fully saturated rings. The number of aryl methyl sites for hydroxylation is 1. The van der Waals surface area contributed by atoms with E-state index in [0.29, 0.717) is 6.54 Å². The molecule has 1 N–H and O–H groups in total. The van der Waals surface area contributed by atoms with Gasteiger partial charge in [-0.25, -0.2) is 0 Å². The number of carbonyl (C=O) groups excluding carboxylic acids is 1. The number of nitrogens with zero attached hydrogens (tertiary/aromatic N) is 1. The molecule has 0 aliphatic rings. The van der Waals surface area contributed by atoms with Gasteiger partial charge in [0, 0.05) is 12.3 Å². The van der Waals surface area contributed by atoms with E-state index in [0.717, 1.165) is 11.3 Å². The van der Waals surface area contributed by atoms with E-state index < -0.39 is 0 Å². The highest BCUT2D eigenvalue weighted by Crippen LogP contribution is 2.01. The number of hydrogen-bond acceptors (Lipinski definition) is 2. The minimum atomic E-state index is -0.108. The van der Waals surface area contributed by atoms with Crippen molar-refractivity contribution >= 4 is 5.91 Å². The summed E-state index contributed by atoms with van der Waals surface area (Å²) in [7, 11) is 0. The number of nitrogens with one attached hydrogen (secondary N) is 1.